The monoisotopic (exact) mass is 327 g/mol. The number of carboxylic acid groups (broad SMARTS) is 1. The second-order valence-electron chi connectivity index (χ2n) is 4.08. The lowest BCUT2D eigenvalue weighted by Gasteiger charge is -2.09. The number of hydrogen-bond acceptors (Lipinski definition) is 2. The zero-order valence-electron chi connectivity index (χ0n) is 10.4. The van der Waals surface area contributed by atoms with Crippen LogP contribution < -0.4 is 5.32 Å². The van der Waals surface area contributed by atoms with Gasteiger partial charge in [0.2, 0.25) is 0 Å². The maximum absolute atomic E-state index is 13.1. The lowest BCUT2D eigenvalue weighted by Crippen LogP contribution is -2.13. The molecule has 0 bridgehead atoms. The number of carboxylic acids is 1. The van der Waals surface area contributed by atoms with E-state index >= 15 is 0 Å². The van der Waals surface area contributed by atoms with E-state index in [4.69, 9.17) is 28.3 Å². The highest BCUT2D eigenvalue weighted by Crippen LogP contribution is 2.29. The summed E-state index contributed by atoms with van der Waals surface area (Å²) in [5, 5.41) is 11.4. The van der Waals surface area contributed by atoms with Gasteiger partial charge in [0.1, 0.15) is 5.82 Å². The summed E-state index contributed by atoms with van der Waals surface area (Å²) in [5.41, 5.74) is -0.0405. The fourth-order valence-electron chi connectivity index (χ4n) is 1.63. The first-order chi connectivity index (χ1) is 9.88. The van der Waals surface area contributed by atoms with Crippen molar-refractivity contribution in [3.05, 3.63) is 63.4 Å². The molecular weight excluding hydrogens is 320 g/mol. The van der Waals surface area contributed by atoms with Crippen LogP contribution in [0.15, 0.2) is 36.4 Å². The average Bonchev–Trinajstić information content (AvgIpc) is 2.41. The molecule has 0 heterocycles. The molecule has 0 saturated carbocycles. The van der Waals surface area contributed by atoms with Crippen molar-refractivity contribution in [3.8, 4) is 0 Å². The van der Waals surface area contributed by atoms with Gasteiger partial charge in [0.05, 0.1) is 21.3 Å². The van der Waals surface area contributed by atoms with Crippen molar-refractivity contribution in [1.29, 1.82) is 0 Å². The van der Waals surface area contributed by atoms with Gasteiger partial charge in [-0.1, -0.05) is 29.3 Å². The largest absolute Gasteiger partial charge is 0.478 e. The van der Waals surface area contributed by atoms with Gasteiger partial charge in [-0.2, -0.15) is 0 Å². The topological polar surface area (TPSA) is 66.4 Å². The average molecular weight is 328 g/mol. The van der Waals surface area contributed by atoms with E-state index in [2.05, 4.69) is 5.32 Å². The van der Waals surface area contributed by atoms with Crippen molar-refractivity contribution in [2.24, 2.45) is 0 Å². The van der Waals surface area contributed by atoms with Gasteiger partial charge in [-0.25, -0.2) is 9.18 Å². The molecule has 0 saturated heterocycles. The molecule has 7 heteroatoms. The van der Waals surface area contributed by atoms with E-state index in [0.29, 0.717) is 0 Å². The van der Waals surface area contributed by atoms with E-state index in [1.807, 2.05) is 0 Å². The van der Waals surface area contributed by atoms with Gasteiger partial charge in [-0.15, -0.1) is 0 Å². The maximum atomic E-state index is 13.1. The van der Waals surface area contributed by atoms with Gasteiger partial charge < -0.3 is 10.4 Å². The molecule has 21 heavy (non-hydrogen) atoms. The fourth-order valence-corrected chi connectivity index (χ4v) is 2.14. The van der Waals surface area contributed by atoms with Gasteiger partial charge in [0.15, 0.2) is 0 Å². The Hall–Kier alpha value is -2.11. The van der Waals surface area contributed by atoms with Gasteiger partial charge in [0.25, 0.3) is 5.91 Å². The number of aromatic carboxylic acids is 1. The number of carbonyl (C=O) groups is 2. The van der Waals surface area contributed by atoms with Crippen LogP contribution in [0.1, 0.15) is 20.7 Å². The summed E-state index contributed by atoms with van der Waals surface area (Å²) in [6.45, 7) is 0. The molecule has 0 fully saturated rings. The van der Waals surface area contributed by atoms with E-state index in [1.165, 1.54) is 24.3 Å². The number of nitrogens with one attached hydrogen (secondary N) is 1. The third kappa shape index (κ3) is 3.51. The predicted molar refractivity (Wildman–Crippen MR) is 77.8 cm³/mol. The molecule has 2 N–H and O–H groups in total. The summed E-state index contributed by atoms with van der Waals surface area (Å²) < 4.78 is 13.1. The number of anilines is 1. The predicted octanol–water partition coefficient (Wildman–Crippen LogP) is 4.08. The first-order valence-corrected chi connectivity index (χ1v) is 6.43. The molecule has 108 valence electrons. The molecule has 0 spiro atoms. The van der Waals surface area contributed by atoms with Crippen LogP contribution in [0.5, 0.6) is 0 Å². The second kappa shape index (κ2) is 6.11. The molecule has 2 aromatic rings. The minimum atomic E-state index is -1.25. The molecule has 1 amide bonds. The zero-order chi connectivity index (χ0) is 15.6. The third-order valence-corrected chi connectivity index (χ3v) is 3.25. The summed E-state index contributed by atoms with van der Waals surface area (Å²) in [4.78, 5) is 23.0. The Labute approximate surface area is 129 Å². The van der Waals surface area contributed by atoms with E-state index in [-0.39, 0.29) is 26.9 Å². The normalized spacial score (nSPS) is 10.2. The Balaban J connectivity index is 2.33. The molecule has 4 nitrogen and oxygen atoms in total. The lowest BCUT2D eigenvalue weighted by atomic mass is 10.1. The van der Waals surface area contributed by atoms with Crippen LogP contribution in [0.4, 0.5) is 10.1 Å². The number of benzene rings is 2. The lowest BCUT2D eigenvalue weighted by molar-refractivity contribution is 0.0696. The minimum Gasteiger partial charge on any atom is -0.478 e. The summed E-state index contributed by atoms with van der Waals surface area (Å²) in [7, 11) is 0. The Morgan fingerprint density at radius 1 is 1.10 bits per heavy atom. The zero-order valence-corrected chi connectivity index (χ0v) is 11.9. The highest BCUT2D eigenvalue weighted by molar-refractivity contribution is 6.38. The Kier molecular flexibility index (Phi) is 4.45. The van der Waals surface area contributed by atoms with E-state index in [0.717, 1.165) is 12.1 Å². The highest BCUT2D eigenvalue weighted by Gasteiger charge is 2.15. The minimum absolute atomic E-state index is 0.0451. The van der Waals surface area contributed by atoms with Crippen LogP contribution in [0.25, 0.3) is 0 Å². The third-order valence-electron chi connectivity index (χ3n) is 2.62. The number of halogens is 3. The molecule has 0 radical (unpaired) electrons. The Bertz CT molecular complexity index is 734. The highest BCUT2D eigenvalue weighted by atomic mass is 35.5. The smallest absolute Gasteiger partial charge is 0.337 e. The van der Waals surface area contributed by atoms with E-state index in [9.17, 15) is 14.0 Å². The second-order valence-corrected chi connectivity index (χ2v) is 4.90. The Morgan fingerprint density at radius 3 is 2.43 bits per heavy atom. The van der Waals surface area contributed by atoms with Crippen molar-refractivity contribution in [1.82, 2.24) is 0 Å². The van der Waals surface area contributed by atoms with Gasteiger partial charge in [-0.05, 0) is 30.3 Å². The summed E-state index contributed by atoms with van der Waals surface area (Å²) in [6.07, 6.45) is 0. The van der Waals surface area contributed by atoms with E-state index < -0.39 is 17.7 Å². The molecule has 0 unspecified atom stereocenters. The van der Waals surface area contributed by atoms with Crippen molar-refractivity contribution < 1.29 is 19.1 Å². The van der Waals surface area contributed by atoms with Crippen molar-refractivity contribution >= 4 is 40.8 Å². The number of hydrogen-bond donors (Lipinski definition) is 2. The number of amides is 1. The quantitative estimate of drug-likeness (QED) is 0.892. The van der Waals surface area contributed by atoms with Crippen LogP contribution in [-0.4, -0.2) is 17.0 Å². The molecular formula is C14H8Cl2FNO3. The number of carbonyl (C=O) groups excluding carboxylic acids is 1. The van der Waals surface area contributed by atoms with Gasteiger partial charge in [0, 0.05) is 5.56 Å². The molecule has 0 aliphatic carbocycles. The summed E-state index contributed by atoms with van der Waals surface area (Å²) >= 11 is 11.6. The summed E-state index contributed by atoms with van der Waals surface area (Å²) in [6, 6.07) is 7.42. The molecule has 0 aliphatic rings. The first-order valence-electron chi connectivity index (χ1n) is 5.67. The maximum Gasteiger partial charge on any atom is 0.337 e. The molecule has 0 aromatic heterocycles. The van der Waals surface area contributed by atoms with Gasteiger partial charge >= 0.3 is 5.97 Å². The number of rotatable bonds is 3. The van der Waals surface area contributed by atoms with Crippen LogP contribution in [0.2, 0.25) is 10.0 Å². The van der Waals surface area contributed by atoms with Gasteiger partial charge in [-0.3, -0.25) is 4.79 Å². The van der Waals surface area contributed by atoms with E-state index in [1.54, 1.807) is 0 Å². The Morgan fingerprint density at radius 2 is 1.81 bits per heavy atom. The molecule has 2 aromatic carbocycles. The first kappa shape index (κ1) is 15.3. The van der Waals surface area contributed by atoms with Crippen LogP contribution in [0, 0.1) is 5.82 Å². The standard InChI is InChI=1S/C14H8Cl2FNO3/c15-10-6-11(16)12(5-9(10)14(20)21)18-13(19)7-2-1-3-8(17)4-7/h1-6H,(H,18,19)(H,20,21). The van der Waals surface area contributed by atoms with Crippen molar-refractivity contribution in [2.75, 3.05) is 5.32 Å². The SMILES string of the molecule is O=C(Nc1cc(C(=O)O)c(Cl)cc1Cl)c1cccc(F)c1. The molecule has 0 aliphatic heterocycles. The van der Waals surface area contributed by atoms with Crippen LogP contribution in [0.3, 0.4) is 0 Å². The van der Waals surface area contributed by atoms with Crippen LogP contribution >= 0.6 is 23.2 Å². The van der Waals surface area contributed by atoms with Crippen LogP contribution in [-0.2, 0) is 0 Å². The fraction of sp³-hybridized carbons (Fsp3) is 0. The van der Waals surface area contributed by atoms with Crippen molar-refractivity contribution in [2.45, 2.75) is 0 Å². The summed E-state index contributed by atoms with van der Waals surface area (Å²) in [5.74, 6) is -2.43. The van der Waals surface area contributed by atoms with Crippen molar-refractivity contribution in [3.63, 3.8) is 0 Å². The molecule has 0 atom stereocenters. The molecule has 2 rings (SSSR count).